The largest absolute Gasteiger partial charge is 0.477 e. The number of nitrogens with one attached hydrogen (secondary N) is 1. The molecular formula is C19H30N4O6S2. The molecule has 1 amide bonds. The van der Waals surface area contributed by atoms with Gasteiger partial charge in [-0.05, 0) is 13.3 Å². The SMILES string of the molecule is CCN1CCN(C[C@@H]2C[C@H](SC3=C(C(=O)O)N4C(=O)[C@H]([C@@H](C)O)[C@H]4[C@H]3C)CN2)S1(=O)=O. The number of hydrogen-bond acceptors (Lipinski definition) is 7. The summed E-state index contributed by atoms with van der Waals surface area (Å²) >= 11 is 1.47. The number of fused-ring (bicyclic) bond motifs is 1. The molecule has 0 unspecified atom stereocenters. The number of carboxylic acids is 1. The molecule has 0 aromatic carbocycles. The topological polar surface area (TPSA) is 130 Å². The van der Waals surface area contributed by atoms with Crippen LogP contribution in [-0.2, 0) is 19.8 Å². The number of thioether (sulfide) groups is 1. The number of hydrogen-bond donors (Lipinski definition) is 3. The number of β-lactam (4-membered cyclic amide) rings is 1. The number of amides is 1. The lowest BCUT2D eigenvalue weighted by molar-refractivity contribution is -0.163. The Balaban J connectivity index is 1.43. The highest BCUT2D eigenvalue weighted by Crippen LogP contribution is 2.51. The molecule has 4 heterocycles. The molecule has 0 spiro atoms. The molecule has 0 aromatic heterocycles. The molecule has 10 nitrogen and oxygen atoms in total. The van der Waals surface area contributed by atoms with Gasteiger partial charge in [0.1, 0.15) is 5.70 Å². The van der Waals surface area contributed by atoms with Crippen LogP contribution in [0, 0.1) is 11.8 Å². The molecule has 12 heteroatoms. The van der Waals surface area contributed by atoms with Gasteiger partial charge in [-0.25, -0.2) is 4.79 Å². The fourth-order valence-electron chi connectivity index (χ4n) is 5.24. The van der Waals surface area contributed by atoms with Crippen LogP contribution in [0.2, 0.25) is 0 Å². The first-order chi connectivity index (χ1) is 14.6. The van der Waals surface area contributed by atoms with Gasteiger partial charge in [-0.3, -0.25) is 4.79 Å². The first-order valence-corrected chi connectivity index (χ1v) is 13.0. The number of aliphatic carboxylic acids is 1. The van der Waals surface area contributed by atoms with Gasteiger partial charge >= 0.3 is 5.97 Å². The molecule has 6 atom stereocenters. The minimum Gasteiger partial charge on any atom is -0.477 e. The number of carboxylic acid groups (broad SMARTS) is 1. The van der Waals surface area contributed by atoms with Crippen LogP contribution in [0.4, 0.5) is 0 Å². The van der Waals surface area contributed by atoms with Crippen molar-refractivity contribution in [2.45, 2.75) is 50.6 Å². The highest BCUT2D eigenvalue weighted by Gasteiger charge is 2.60. The summed E-state index contributed by atoms with van der Waals surface area (Å²) < 4.78 is 28.0. The maximum absolute atomic E-state index is 12.5. The quantitative estimate of drug-likeness (QED) is 0.421. The molecule has 0 radical (unpaired) electrons. The Morgan fingerprint density at radius 3 is 2.58 bits per heavy atom. The monoisotopic (exact) mass is 474 g/mol. The molecule has 3 saturated heterocycles. The number of likely N-dealkylation sites (N-methyl/N-ethyl adjacent to an activating group) is 1. The van der Waals surface area contributed by atoms with E-state index in [0.29, 0.717) is 44.0 Å². The summed E-state index contributed by atoms with van der Waals surface area (Å²) in [4.78, 5) is 26.4. The van der Waals surface area contributed by atoms with Gasteiger partial charge in [-0.1, -0.05) is 13.8 Å². The summed E-state index contributed by atoms with van der Waals surface area (Å²) in [6.45, 7) is 7.79. The van der Waals surface area contributed by atoms with Crippen molar-refractivity contribution < 1.29 is 28.2 Å². The van der Waals surface area contributed by atoms with Crippen molar-refractivity contribution >= 4 is 33.8 Å². The van der Waals surface area contributed by atoms with Gasteiger partial charge in [0, 0.05) is 54.8 Å². The van der Waals surface area contributed by atoms with E-state index >= 15 is 0 Å². The zero-order valence-corrected chi connectivity index (χ0v) is 19.5. The van der Waals surface area contributed by atoms with Gasteiger partial charge in [-0.15, -0.1) is 11.8 Å². The van der Waals surface area contributed by atoms with Gasteiger partial charge < -0.3 is 20.4 Å². The van der Waals surface area contributed by atoms with Crippen LogP contribution in [0.5, 0.6) is 0 Å². The van der Waals surface area contributed by atoms with Crippen molar-refractivity contribution in [3.8, 4) is 0 Å². The normalized spacial score (nSPS) is 36.7. The zero-order chi connectivity index (χ0) is 22.7. The van der Waals surface area contributed by atoms with E-state index in [1.54, 1.807) is 6.92 Å². The van der Waals surface area contributed by atoms with Crippen LogP contribution in [-0.4, -0.2) is 100 Å². The molecule has 3 fully saturated rings. The minimum absolute atomic E-state index is 0.00135. The van der Waals surface area contributed by atoms with Gasteiger partial charge in [0.15, 0.2) is 0 Å². The number of aliphatic hydroxyl groups is 1. The lowest BCUT2D eigenvalue weighted by Crippen LogP contribution is -2.63. The first-order valence-electron chi connectivity index (χ1n) is 10.7. The lowest BCUT2D eigenvalue weighted by atomic mass is 9.79. The van der Waals surface area contributed by atoms with Crippen LogP contribution in [0.3, 0.4) is 0 Å². The molecule has 4 rings (SSSR count). The van der Waals surface area contributed by atoms with E-state index in [4.69, 9.17) is 0 Å². The summed E-state index contributed by atoms with van der Waals surface area (Å²) in [7, 11) is -3.40. The zero-order valence-electron chi connectivity index (χ0n) is 17.9. The van der Waals surface area contributed by atoms with E-state index in [2.05, 4.69) is 5.32 Å². The Kier molecular flexibility index (Phi) is 6.16. The summed E-state index contributed by atoms with van der Waals surface area (Å²) in [6.07, 6.45) is -0.108. The molecule has 3 N–H and O–H groups in total. The molecule has 4 aliphatic heterocycles. The second-order valence-corrected chi connectivity index (χ2v) is 12.0. The Morgan fingerprint density at radius 1 is 1.32 bits per heavy atom. The molecule has 0 bridgehead atoms. The predicted octanol–water partition coefficient (Wildman–Crippen LogP) is -0.514. The maximum atomic E-state index is 12.5. The van der Waals surface area contributed by atoms with E-state index in [1.807, 2.05) is 13.8 Å². The number of nitrogens with zero attached hydrogens (tertiary/aromatic N) is 3. The molecule has 31 heavy (non-hydrogen) atoms. The average Bonchev–Trinajstić information content (AvgIpc) is 3.31. The fourth-order valence-corrected chi connectivity index (χ4v) is 8.40. The van der Waals surface area contributed by atoms with Gasteiger partial charge in [0.05, 0.1) is 18.1 Å². The van der Waals surface area contributed by atoms with Crippen LogP contribution in [0.15, 0.2) is 10.6 Å². The molecule has 0 saturated carbocycles. The van der Waals surface area contributed by atoms with E-state index in [9.17, 15) is 28.2 Å². The minimum atomic E-state index is -3.40. The van der Waals surface area contributed by atoms with E-state index in [0.717, 1.165) is 0 Å². The summed E-state index contributed by atoms with van der Waals surface area (Å²) in [5, 5.41) is 23.2. The van der Waals surface area contributed by atoms with Crippen molar-refractivity contribution in [1.82, 2.24) is 18.8 Å². The average molecular weight is 475 g/mol. The number of carbonyl (C=O) groups is 2. The van der Waals surface area contributed by atoms with Gasteiger partial charge in [0.25, 0.3) is 10.2 Å². The highest BCUT2D eigenvalue weighted by molar-refractivity contribution is 8.03. The van der Waals surface area contributed by atoms with E-state index in [1.165, 1.54) is 25.3 Å². The smallest absolute Gasteiger partial charge is 0.353 e. The first kappa shape index (κ1) is 23.0. The van der Waals surface area contributed by atoms with Crippen molar-refractivity contribution in [3.05, 3.63) is 10.6 Å². The fraction of sp³-hybridized carbons (Fsp3) is 0.789. The predicted molar refractivity (Wildman–Crippen MR) is 115 cm³/mol. The Morgan fingerprint density at radius 2 is 2.00 bits per heavy atom. The molecule has 0 aliphatic carbocycles. The number of aliphatic hydroxyl groups excluding tert-OH is 1. The van der Waals surface area contributed by atoms with Crippen molar-refractivity contribution in [3.63, 3.8) is 0 Å². The summed E-state index contributed by atoms with van der Waals surface area (Å²) in [6, 6.07) is -0.320. The lowest BCUT2D eigenvalue weighted by Gasteiger charge is -2.46. The Bertz CT molecular complexity index is 907. The third kappa shape index (κ3) is 3.70. The number of rotatable bonds is 7. The van der Waals surface area contributed by atoms with Crippen molar-refractivity contribution in [1.29, 1.82) is 0 Å². The van der Waals surface area contributed by atoms with Crippen LogP contribution in [0.25, 0.3) is 0 Å². The molecular weight excluding hydrogens is 444 g/mol. The third-order valence-corrected chi connectivity index (χ3v) is 10.4. The van der Waals surface area contributed by atoms with Crippen LogP contribution < -0.4 is 5.32 Å². The molecule has 174 valence electrons. The van der Waals surface area contributed by atoms with Gasteiger partial charge in [0.2, 0.25) is 5.91 Å². The standard InChI is InChI=1S/C19H30N4O6S2/c1-4-21-5-6-22(31(21,28)29)9-12-7-13(8-20-12)30-17-10(2)15-14(11(3)24)18(25)23(15)16(17)19(26)27/h10-15,20,24H,4-9H2,1-3H3,(H,26,27)/t10-,11-,12+,13+,14-,15-/m1/s1. The van der Waals surface area contributed by atoms with Gasteiger partial charge in [-0.2, -0.15) is 17.0 Å². The summed E-state index contributed by atoms with van der Waals surface area (Å²) in [5.41, 5.74) is 0.0357. The van der Waals surface area contributed by atoms with E-state index < -0.39 is 28.2 Å². The maximum Gasteiger partial charge on any atom is 0.353 e. The Labute approximate surface area is 186 Å². The van der Waals surface area contributed by atoms with Crippen molar-refractivity contribution in [2.24, 2.45) is 11.8 Å². The van der Waals surface area contributed by atoms with E-state index in [-0.39, 0.29) is 34.9 Å². The second-order valence-electron chi connectivity index (χ2n) is 8.71. The molecule has 0 aromatic rings. The highest BCUT2D eigenvalue weighted by atomic mass is 32.2. The summed E-state index contributed by atoms with van der Waals surface area (Å²) in [5.74, 6) is -2.19. The Hall–Kier alpha value is -1.18. The molecule has 4 aliphatic rings. The second kappa shape index (κ2) is 8.31. The number of carbonyl (C=O) groups excluding carboxylic acids is 1. The third-order valence-electron chi connectivity index (χ3n) is 6.81. The van der Waals surface area contributed by atoms with Crippen molar-refractivity contribution in [2.75, 3.05) is 32.7 Å². The van der Waals surface area contributed by atoms with Crippen LogP contribution >= 0.6 is 11.8 Å². The van der Waals surface area contributed by atoms with Crippen LogP contribution in [0.1, 0.15) is 27.2 Å².